The SMILES string of the molecule is CN(CC(=O)Nc1ccc(N2CCOCC2)cc1)Cc1coc(-c2cccs2)n1. The molecule has 0 aliphatic carbocycles. The molecular weight excluding hydrogens is 388 g/mol. The molecule has 8 heteroatoms. The number of oxazole rings is 1. The highest BCUT2D eigenvalue weighted by Gasteiger charge is 2.13. The summed E-state index contributed by atoms with van der Waals surface area (Å²) in [6, 6.07) is 11.9. The Labute approximate surface area is 173 Å². The van der Waals surface area contributed by atoms with Crippen LogP contribution in [-0.4, -0.2) is 55.7 Å². The smallest absolute Gasteiger partial charge is 0.238 e. The van der Waals surface area contributed by atoms with Crippen LogP contribution in [0.3, 0.4) is 0 Å². The lowest BCUT2D eigenvalue weighted by Crippen LogP contribution is -2.36. The predicted octanol–water partition coefficient (Wildman–Crippen LogP) is 3.31. The second-order valence-electron chi connectivity index (χ2n) is 6.99. The molecule has 0 saturated carbocycles. The van der Waals surface area contributed by atoms with Gasteiger partial charge in [0.25, 0.3) is 0 Å². The van der Waals surface area contributed by atoms with Crippen LogP contribution in [0.15, 0.2) is 52.5 Å². The lowest BCUT2D eigenvalue weighted by molar-refractivity contribution is -0.117. The lowest BCUT2D eigenvalue weighted by atomic mass is 10.2. The number of hydrogen-bond acceptors (Lipinski definition) is 7. The van der Waals surface area contributed by atoms with Gasteiger partial charge in [-0.1, -0.05) is 6.07 Å². The maximum absolute atomic E-state index is 12.4. The lowest BCUT2D eigenvalue weighted by Gasteiger charge is -2.28. The summed E-state index contributed by atoms with van der Waals surface area (Å²) < 4.78 is 10.9. The molecule has 4 rings (SSSR count). The molecular formula is C21H24N4O3S. The van der Waals surface area contributed by atoms with E-state index in [1.807, 2.05) is 53.7 Å². The quantitative estimate of drug-likeness (QED) is 0.642. The van der Waals surface area contributed by atoms with Gasteiger partial charge in [0.2, 0.25) is 11.8 Å². The molecule has 3 heterocycles. The Morgan fingerprint density at radius 2 is 2.03 bits per heavy atom. The highest BCUT2D eigenvalue weighted by atomic mass is 32.1. The summed E-state index contributed by atoms with van der Waals surface area (Å²) in [5, 5.41) is 4.94. The number of carbonyl (C=O) groups excluding carboxylic acids is 1. The van der Waals surface area contributed by atoms with E-state index in [0.29, 0.717) is 12.4 Å². The number of hydrogen-bond donors (Lipinski definition) is 1. The molecule has 3 aromatic rings. The number of likely N-dealkylation sites (N-methyl/N-ethyl adjacent to an activating group) is 1. The van der Waals surface area contributed by atoms with Gasteiger partial charge in [-0.2, -0.15) is 0 Å². The third-order valence-electron chi connectivity index (χ3n) is 4.66. The maximum Gasteiger partial charge on any atom is 0.238 e. The summed E-state index contributed by atoms with van der Waals surface area (Å²) in [6.07, 6.45) is 1.65. The van der Waals surface area contributed by atoms with Crippen molar-refractivity contribution >= 4 is 28.6 Å². The molecule has 7 nitrogen and oxygen atoms in total. The van der Waals surface area contributed by atoms with Crippen molar-refractivity contribution < 1.29 is 13.9 Å². The number of nitrogens with one attached hydrogen (secondary N) is 1. The number of benzene rings is 1. The van der Waals surface area contributed by atoms with Gasteiger partial charge in [0.15, 0.2) is 0 Å². The van der Waals surface area contributed by atoms with Crippen LogP contribution in [0.2, 0.25) is 0 Å². The number of nitrogens with zero attached hydrogens (tertiary/aromatic N) is 3. The van der Waals surface area contributed by atoms with Gasteiger partial charge < -0.3 is 19.4 Å². The molecule has 0 spiro atoms. The van der Waals surface area contributed by atoms with E-state index in [2.05, 4.69) is 15.2 Å². The van der Waals surface area contributed by atoms with Crippen molar-refractivity contribution in [1.29, 1.82) is 0 Å². The standard InChI is InChI=1S/C21H24N4O3S/c1-24(13-17-15-28-21(23-17)19-3-2-12-29-19)14-20(26)22-16-4-6-18(7-5-16)25-8-10-27-11-9-25/h2-7,12,15H,8-11,13-14H2,1H3,(H,22,26). The molecule has 29 heavy (non-hydrogen) atoms. The van der Waals surface area contributed by atoms with Crippen molar-refractivity contribution in [2.45, 2.75) is 6.54 Å². The first-order valence-electron chi connectivity index (χ1n) is 9.57. The Hall–Kier alpha value is -2.68. The highest BCUT2D eigenvalue weighted by Crippen LogP contribution is 2.24. The molecule has 0 unspecified atom stereocenters. The van der Waals surface area contributed by atoms with Gasteiger partial charge in [-0.15, -0.1) is 11.3 Å². The highest BCUT2D eigenvalue weighted by molar-refractivity contribution is 7.13. The molecule has 1 fully saturated rings. The predicted molar refractivity (Wildman–Crippen MR) is 114 cm³/mol. The van der Waals surface area contributed by atoms with E-state index in [4.69, 9.17) is 9.15 Å². The number of thiophene rings is 1. The summed E-state index contributed by atoms with van der Waals surface area (Å²) >= 11 is 1.59. The Morgan fingerprint density at radius 3 is 2.76 bits per heavy atom. The van der Waals surface area contributed by atoms with E-state index >= 15 is 0 Å². The monoisotopic (exact) mass is 412 g/mol. The van der Waals surface area contributed by atoms with Crippen LogP contribution in [0.5, 0.6) is 0 Å². The topological polar surface area (TPSA) is 70.8 Å². The minimum atomic E-state index is -0.0615. The minimum absolute atomic E-state index is 0.0615. The number of aromatic nitrogens is 1. The fourth-order valence-corrected chi connectivity index (χ4v) is 3.90. The number of morpholine rings is 1. The molecule has 1 aromatic carbocycles. The van der Waals surface area contributed by atoms with Crippen LogP contribution in [-0.2, 0) is 16.1 Å². The Morgan fingerprint density at radius 1 is 1.24 bits per heavy atom. The van der Waals surface area contributed by atoms with Crippen molar-refractivity contribution in [3.05, 3.63) is 53.7 Å². The zero-order chi connectivity index (χ0) is 20.1. The zero-order valence-electron chi connectivity index (χ0n) is 16.3. The van der Waals surface area contributed by atoms with Gasteiger partial charge in [0.1, 0.15) is 6.26 Å². The minimum Gasteiger partial charge on any atom is -0.444 e. The van der Waals surface area contributed by atoms with Crippen molar-refractivity contribution in [1.82, 2.24) is 9.88 Å². The average molecular weight is 413 g/mol. The number of ether oxygens (including phenoxy) is 1. The molecule has 1 aliphatic heterocycles. The van der Waals surface area contributed by atoms with Gasteiger partial charge in [-0.3, -0.25) is 9.69 Å². The van der Waals surface area contributed by atoms with Gasteiger partial charge in [0, 0.05) is 31.0 Å². The van der Waals surface area contributed by atoms with E-state index in [0.717, 1.165) is 48.2 Å². The number of amides is 1. The Bertz CT molecular complexity index is 918. The fraction of sp³-hybridized carbons (Fsp3) is 0.333. The van der Waals surface area contributed by atoms with Gasteiger partial charge in [0.05, 0.1) is 30.3 Å². The van der Waals surface area contributed by atoms with Crippen LogP contribution in [0.25, 0.3) is 10.8 Å². The summed E-state index contributed by atoms with van der Waals surface area (Å²) in [5.41, 5.74) is 2.75. The third-order valence-corrected chi connectivity index (χ3v) is 5.51. The second kappa shape index (κ2) is 9.21. The first kappa shape index (κ1) is 19.6. The van der Waals surface area contributed by atoms with Crippen molar-refractivity contribution in [3.8, 4) is 10.8 Å². The van der Waals surface area contributed by atoms with Crippen LogP contribution in [0.1, 0.15) is 5.69 Å². The summed E-state index contributed by atoms with van der Waals surface area (Å²) in [6.45, 7) is 4.11. The maximum atomic E-state index is 12.4. The molecule has 1 amide bonds. The van der Waals surface area contributed by atoms with Gasteiger partial charge in [-0.25, -0.2) is 4.98 Å². The molecule has 1 aliphatic rings. The fourth-order valence-electron chi connectivity index (χ4n) is 3.25. The van der Waals surface area contributed by atoms with E-state index in [-0.39, 0.29) is 12.5 Å². The summed E-state index contributed by atoms with van der Waals surface area (Å²) in [5.74, 6) is 0.557. The van der Waals surface area contributed by atoms with E-state index < -0.39 is 0 Å². The molecule has 2 aromatic heterocycles. The van der Waals surface area contributed by atoms with Gasteiger partial charge >= 0.3 is 0 Å². The number of anilines is 2. The normalized spacial score (nSPS) is 14.3. The average Bonchev–Trinajstić information content (AvgIpc) is 3.41. The van der Waals surface area contributed by atoms with E-state index in [9.17, 15) is 4.79 Å². The zero-order valence-corrected chi connectivity index (χ0v) is 17.2. The van der Waals surface area contributed by atoms with E-state index in [1.165, 1.54) is 0 Å². The molecule has 1 N–H and O–H groups in total. The van der Waals surface area contributed by atoms with E-state index in [1.54, 1.807) is 17.6 Å². The number of carbonyl (C=O) groups is 1. The van der Waals surface area contributed by atoms with Crippen LogP contribution < -0.4 is 10.2 Å². The summed E-state index contributed by atoms with van der Waals surface area (Å²) in [4.78, 5) is 22.1. The molecule has 0 bridgehead atoms. The van der Waals surface area contributed by atoms with Crippen LogP contribution >= 0.6 is 11.3 Å². The molecule has 152 valence electrons. The number of rotatable bonds is 7. The van der Waals surface area contributed by atoms with Crippen molar-refractivity contribution in [2.75, 3.05) is 50.1 Å². The van der Waals surface area contributed by atoms with Crippen molar-refractivity contribution in [3.63, 3.8) is 0 Å². The molecule has 1 saturated heterocycles. The van der Waals surface area contributed by atoms with Crippen LogP contribution in [0.4, 0.5) is 11.4 Å². The summed E-state index contributed by atoms with van der Waals surface area (Å²) in [7, 11) is 1.89. The Kier molecular flexibility index (Phi) is 6.24. The first-order valence-corrected chi connectivity index (χ1v) is 10.4. The second-order valence-corrected chi connectivity index (χ2v) is 7.94. The van der Waals surface area contributed by atoms with Crippen LogP contribution in [0, 0.1) is 0 Å². The Balaban J connectivity index is 1.26. The first-order chi connectivity index (χ1) is 14.2. The third kappa shape index (κ3) is 5.23. The largest absolute Gasteiger partial charge is 0.444 e. The van der Waals surface area contributed by atoms with Crippen molar-refractivity contribution in [2.24, 2.45) is 0 Å². The molecule has 0 radical (unpaired) electrons. The molecule has 0 atom stereocenters. The van der Waals surface area contributed by atoms with Gasteiger partial charge in [-0.05, 0) is 42.8 Å².